The van der Waals surface area contributed by atoms with Gasteiger partial charge >= 0.3 is 4.87 Å². The Kier molecular flexibility index (Phi) is 4.67. The van der Waals surface area contributed by atoms with Crippen molar-refractivity contribution in [3.63, 3.8) is 0 Å². The lowest BCUT2D eigenvalue weighted by atomic mass is 10.0. The van der Waals surface area contributed by atoms with Crippen molar-refractivity contribution in [3.05, 3.63) is 49.6 Å². The first kappa shape index (κ1) is 15.3. The van der Waals surface area contributed by atoms with E-state index in [-0.39, 0.29) is 4.87 Å². The smallest absolute Gasteiger partial charge is 0.307 e. The van der Waals surface area contributed by atoms with Crippen molar-refractivity contribution >= 4 is 11.3 Å². The van der Waals surface area contributed by atoms with E-state index in [1.165, 1.54) is 45.9 Å². The molecule has 1 aliphatic carbocycles. The molecule has 1 aromatic carbocycles. The van der Waals surface area contributed by atoms with Gasteiger partial charge in [-0.3, -0.25) is 4.79 Å². The van der Waals surface area contributed by atoms with Crippen LogP contribution < -0.4 is 9.61 Å². The first-order chi connectivity index (χ1) is 10.7. The minimum absolute atomic E-state index is 0.207. The highest BCUT2D eigenvalue weighted by molar-refractivity contribution is 7.09. The number of hydrogen-bond acceptors (Lipinski definition) is 3. The Hall–Kier alpha value is -1.55. The number of aryl methyl sites for hydroxylation is 3. The molecule has 0 saturated carbocycles. The lowest BCUT2D eigenvalue weighted by Crippen LogP contribution is -2.19. The number of fused-ring (bicyclic) bond motifs is 1. The maximum atomic E-state index is 12.1. The van der Waals surface area contributed by atoms with Crippen LogP contribution in [0.15, 0.2) is 23.0 Å². The number of ether oxygens (including phenoxy) is 1. The van der Waals surface area contributed by atoms with Gasteiger partial charge < -0.3 is 9.30 Å². The van der Waals surface area contributed by atoms with E-state index >= 15 is 0 Å². The van der Waals surface area contributed by atoms with Crippen LogP contribution >= 0.6 is 11.3 Å². The molecular formula is C18H23NO2S. The second kappa shape index (κ2) is 6.69. The SMILES string of the molecule is Cc1cccc(C)c1OCCCn1c2c(sc1=O)CCCC2. The van der Waals surface area contributed by atoms with E-state index in [0.717, 1.165) is 31.6 Å². The molecule has 0 bridgehead atoms. The number of benzene rings is 1. The van der Waals surface area contributed by atoms with Crippen LogP contribution in [0.2, 0.25) is 0 Å². The molecule has 0 saturated heterocycles. The van der Waals surface area contributed by atoms with Gasteiger partial charge in [-0.25, -0.2) is 0 Å². The fourth-order valence-electron chi connectivity index (χ4n) is 3.18. The van der Waals surface area contributed by atoms with Crippen LogP contribution in [0, 0.1) is 13.8 Å². The highest BCUT2D eigenvalue weighted by atomic mass is 32.1. The summed E-state index contributed by atoms with van der Waals surface area (Å²) in [7, 11) is 0. The molecule has 4 heteroatoms. The Morgan fingerprint density at radius 2 is 1.91 bits per heavy atom. The summed E-state index contributed by atoms with van der Waals surface area (Å²) in [6.45, 7) is 5.57. The number of rotatable bonds is 5. The van der Waals surface area contributed by atoms with E-state index in [9.17, 15) is 4.79 Å². The van der Waals surface area contributed by atoms with Gasteiger partial charge in [0.05, 0.1) is 6.61 Å². The first-order valence-corrected chi connectivity index (χ1v) is 8.89. The number of thiazole rings is 1. The molecule has 1 heterocycles. The van der Waals surface area contributed by atoms with Crippen LogP contribution in [-0.4, -0.2) is 11.2 Å². The van der Waals surface area contributed by atoms with E-state index in [2.05, 4.69) is 32.0 Å². The Balaban J connectivity index is 1.60. The fraction of sp³-hybridized carbons (Fsp3) is 0.500. The van der Waals surface area contributed by atoms with E-state index in [4.69, 9.17) is 4.74 Å². The van der Waals surface area contributed by atoms with Gasteiger partial charge in [0, 0.05) is 17.1 Å². The van der Waals surface area contributed by atoms with E-state index in [1.807, 2.05) is 4.57 Å². The number of nitrogens with zero attached hydrogens (tertiary/aromatic N) is 1. The van der Waals surface area contributed by atoms with Gasteiger partial charge in [0.2, 0.25) is 0 Å². The van der Waals surface area contributed by atoms with Gasteiger partial charge in [-0.2, -0.15) is 0 Å². The zero-order valence-corrected chi connectivity index (χ0v) is 14.2. The summed E-state index contributed by atoms with van der Waals surface area (Å²) in [5.74, 6) is 0.988. The molecule has 118 valence electrons. The first-order valence-electron chi connectivity index (χ1n) is 8.07. The van der Waals surface area contributed by atoms with E-state index < -0.39 is 0 Å². The van der Waals surface area contributed by atoms with Crippen LogP contribution in [0.4, 0.5) is 0 Å². The average molecular weight is 317 g/mol. The Morgan fingerprint density at radius 3 is 2.68 bits per heavy atom. The predicted octanol–water partition coefficient (Wildman–Crippen LogP) is 3.87. The summed E-state index contributed by atoms with van der Waals surface area (Å²) in [6.07, 6.45) is 5.45. The minimum Gasteiger partial charge on any atom is -0.493 e. The van der Waals surface area contributed by atoms with Crippen molar-refractivity contribution in [1.29, 1.82) is 0 Å². The van der Waals surface area contributed by atoms with Crippen molar-refractivity contribution < 1.29 is 4.74 Å². The standard InChI is InChI=1S/C18H23NO2S/c1-13-7-5-8-14(2)17(13)21-12-6-11-19-15-9-3-4-10-16(15)22-18(19)20/h5,7-8H,3-4,6,9-12H2,1-2H3. The number of aromatic nitrogens is 1. The number of hydrogen-bond donors (Lipinski definition) is 0. The molecular weight excluding hydrogens is 294 g/mol. The molecule has 0 unspecified atom stereocenters. The molecule has 0 fully saturated rings. The summed E-state index contributed by atoms with van der Waals surface area (Å²) < 4.78 is 7.92. The van der Waals surface area contributed by atoms with Crippen LogP contribution in [-0.2, 0) is 19.4 Å². The molecule has 0 aliphatic heterocycles. The molecule has 22 heavy (non-hydrogen) atoms. The second-order valence-electron chi connectivity index (χ2n) is 6.02. The third-order valence-corrected chi connectivity index (χ3v) is 5.41. The maximum absolute atomic E-state index is 12.1. The van der Waals surface area contributed by atoms with Crippen molar-refractivity contribution in [3.8, 4) is 5.75 Å². The third-order valence-electron chi connectivity index (χ3n) is 4.33. The molecule has 0 radical (unpaired) electrons. The summed E-state index contributed by atoms with van der Waals surface area (Å²) in [5, 5.41) is 0. The van der Waals surface area contributed by atoms with Crippen LogP contribution in [0.1, 0.15) is 41.0 Å². The predicted molar refractivity (Wildman–Crippen MR) is 91.2 cm³/mol. The zero-order chi connectivity index (χ0) is 15.5. The largest absolute Gasteiger partial charge is 0.493 e. The van der Waals surface area contributed by atoms with Gasteiger partial charge in [-0.1, -0.05) is 29.5 Å². The Morgan fingerprint density at radius 1 is 1.18 bits per heavy atom. The van der Waals surface area contributed by atoms with Crippen molar-refractivity contribution in [2.45, 2.75) is 52.5 Å². The third kappa shape index (κ3) is 3.12. The monoisotopic (exact) mass is 317 g/mol. The quantitative estimate of drug-likeness (QED) is 0.784. The maximum Gasteiger partial charge on any atom is 0.307 e. The minimum atomic E-state index is 0.207. The fourth-order valence-corrected chi connectivity index (χ4v) is 4.28. The van der Waals surface area contributed by atoms with Crippen LogP contribution in [0.25, 0.3) is 0 Å². The summed E-state index contributed by atoms with van der Waals surface area (Å²) in [5.41, 5.74) is 3.63. The summed E-state index contributed by atoms with van der Waals surface area (Å²) >= 11 is 1.44. The molecule has 2 aromatic rings. The molecule has 1 aliphatic rings. The van der Waals surface area contributed by atoms with Gasteiger partial charge in [-0.05, 0) is 57.1 Å². The molecule has 1 aromatic heterocycles. The summed E-state index contributed by atoms with van der Waals surface area (Å²) in [6, 6.07) is 6.19. The second-order valence-corrected chi connectivity index (χ2v) is 7.07. The van der Waals surface area contributed by atoms with Crippen molar-refractivity contribution in [1.82, 2.24) is 4.57 Å². The van der Waals surface area contributed by atoms with Crippen molar-refractivity contribution in [2.24, 2.45) is 0 Å². The molecule has 0 spiro atoms. The van der Waals surface area contributed by atoms with E-state index in [0.29, 0.717) is 6.61 Å². The lowest BCUT2D eigenvalue weighted by Gasteiger charge is -2.15. The van der Waals surface area contributed by atoms with Crippen molar-refractivity contribution in [2.75, 3.05) is 6.61 Å². The lowest BCUT2D eigenvalue weighted by molar-refractivity contribution is 0.296. The van der Waals surface area contributed by atoms with Gasteiger partial charge in [0.1, 0.15) is 5.75 Å². The van der Waals surface area contributed by atoms with E-state index in [1.54, 1.807) is 0 Å². The van der Waals surface area contributed by atoms with Gasteiger partial charge in [0.25, 0.3) is 0 Å². The molecule has 0 N–H and O–H groups in total. The van der Waals surface area contributed by atoms with Gasteiger partial charge in [0.15, 0.2) is 0 Å². The zero-order valence-electron chi connectivity index (χ0n) is 13.4. The molecule has 0 amide bonds. The normalized spacial score (nSPS) is 13.9. The highest BCUT2D eigenvalue weighted by Crippen LogP contribution is 2.24. The highest BCUT2D eigenvalue weighted by Gasteiger charge is 2.17. The summed E-state index contributed by atoms with van der Waals surface area (Å²) in [4.78, 5) is 13.6. The molecule has 0 atom stereocenters. The number of para-hydroxylation sites is 1. The Bertz CT molecular complexity index is 694. The topological polar surface area (TPSA) is 31.2 Å². The van der Waals surface area contributed by atoms with Gasteiger partial charge in [-0.15, -0.1) is 0 Å². The molecule has 3 rings (SSSR count). The van der Waals surface area contributed by atoms with Crippen LogP contribution in [0.3, 0.4) is 0 Å². The Labute approximate surface area is 135 Å². The van der Waals surface area contributed by atoms with Crippen LogP contribution in [0.5, 0.6) is 5.75 Å². The molecule has 3 nitrogen and oxygen atoms in total. The average Bonchev–Trinajstić information content (AvgIpc) is 2.82.